The van der Waals surface area contributed by atoms with E-state index < -0.39 is 62.4 Å². The maximum absolute atomic E-state index is 13.8. The fraction of sp³-hybridized carbons (Fsp3) is 0.483. The van der Waals surface area contributed by atoms with Crippen LogP contribution in [0.2, 0.25) is 0 Å². The lowest BCUT2D eigenvalue weighted by atomic mass is 10.1. The van der Waals surface area contributed by atoms with E-state index in [0.29, 0.717) is 23.9 Å². The summed E-state index contributed by atoms with van der Waals surface area (Å²) in [5.41, 5.74) is -1.16. The highest BCUT2D eigenvalue weighted by Crippen LogP contribution is 2.45. The van der Waals surface area contributed by atoms with E-state index in [0.717, 1.165) is 0 Å². The fourth-order valence-electron chi connectivity index (χ4n) is 5.27. The number of aromatic nitrogens is 5. The van der Waals surface area contributed by atoms with Crippen LogP contribution in [-0.2, 0) is 24.3 Å². The summed E-state index contributed by atoms with van der Waals surface area (Å²) in [4.78, 5) is 56.7. The van der Waals surface area contributed by atoms with Gasteiger partial charge in [0.05, 0.1) is 11.8 Å². The minimum atomic E-state index is -3.86. The predicted molar refractivity (Wildman–Crippen MR) is 161 cm³/mol. The summed E-state index contributed by atoms with van der Waals surface area (Å²) in [5, 5.41) is 10.1. The number of likely N-dealkylation sites (tertiary alicyclic amines) is 1. The highest BCUT2D eigenvalue weighted by Gasteiger charge is 2.62. The second-order valence-electron chi connectivity index (χ2n) is 12.5. The Kier molecular flexibility index (Phi) is 7.82. The zero-order valence-electron chi connectivity index (χ0n) is 25.5. The molecule has 2 aliphatic carbocycles. The van der Waals surface area contributed by atoms with Crippen molar-refractivity contribution in [2.45, 2.75) is 75.0 Å². The summed E-state index contributed by atoms with van der Waals surface area (Å²) in [5.74, 6) is -1.87. The van der Waals surface area contributed by atoms with Gasteiger partial charge in [0.15, 0.2) is 0 Å². The Balaban J connectivity index is 1.18. The molecule has 6 rings (SSSR count). The molecule has 0 bridgehead atoms. The third kappa shape index (κ3) is 6.45. The molecule has 4 atom stereocenters. The Hall–Kier alpha value is -4.80. The van der Waals surface area contributed by atoms with E-state index in [1.54, 1.807) is 39.0 Å². The number of hydrogen-bond acceptors (Lipinski definition) is 12. The van der Waals surface area contributed by atoms with Gasteiger partial charge in [-0.2, -0.15) is 4.98 Å². The molecule has 3 aromatic rings. The molecule has 1 saturated heterocycles. The van der Waals surface area contributed by atoms with E-state index in [-0.39, 0.29) is 31.3 Å². The Morgan fingerprint density at radius 3 is 2.61 bits per heavy atom. The third-order valence-corrected chi connectivity index (χ3v) is 9.65. The van der Waals surface area contributed by atoms with E-state index >= 15 is 0 Å². The first-order valence-corrected chi connectivity index (χ1v) is 16.3. The van der Waals surface area contributed by atoms with Crippen LogP contribution in [0, 0.1) is 5.92 Å². The van der Waals surface area contributed by atoms with Gasteiger partial charge in [0, 0.05) is 24.6 Å². The number of carbonyl (C=O) groups excluding carboxylic acids is 3. The quantitative estimate of drug-likeness (QED) is 0.299. The zero-order valence-corrected chi connectivity index (χ0v) is 26.3. The van der Waals surface area contributed by atoms with E-state index in [9.17, 15) is 22.8 Å². The van der Waals surface area contributed by atoms with Gasteiger partial charge in [-0.05, 0) is 57.4 Å². The van der Waals surface area contributed by atoms with Crippen LogP contribution >= 0.6 is 0 Å². The van der Waals surface area contributed by atoms with Crippen LogP contribution in [-0.4, -0.2) is 91.4 Å². The number of hydrogen-bond donors (Lipinski definition) is 2. The number of rotatable bonds is 10. The molecule has 16 nitrogen and oxygen atoms in total. The van der Waals surface area contributed by atoms with Crippen molar-refractivity contribution in [2.75, 3.05) is 6.54 Å². The average molecular weight is 655 g/mol. The van der Waals surface area contributed by atoms with E-state index in [2.05, 4.69) is 36.9 Å². The number of carbonyl (C=O) groups is 3. The van der Waals surface area contributed by atoms with Crippen LogP contribution in [0.15, 0.2) is 49.2 Å². The SMILES string of the molecule is C=CC1CC1(NC(=O)[C@@H]1C[C@@H](Oc2ccnc(On3nnc4ccccc43)n2)CN1C(=O)OC(C)(C)C)C(=O)NS(=O)(=O)C1CC1. The first kappa shape index (κ1) is 31.2. The smallest absolute Gasteiger partial charge is 0.411 e. The molecular weight excluding hydrogens is 620 g/mol. The number of fused-ring (bicyclic) bond motifs is 1. The maximum atomic E-state index is 13.8. The van der Waals surface area contributed by atoms with Gasteiger partial charge in [0.2, 0.25) is 21.8 Å². The van der Waals surface area contributed by atoms with Crippen LogP contribution in [0.25, 0.3) is 11.0 Å². The van der Waals surface area contributed by atoms with Crippen LogP contribution in [0.3, 0.4) is 0 Å². The molecule has 3 aliphatic rings. The van der Waals surface area contributed by atoms with Gasteiger partial charge in [0.25, 0.3) is 5.91 Å². The average Bonchev–Trinajstić information content (AvgIpc) is 3.89. The van der Waals surface area contributed by atoms with Crippen LogP contribution in [0.1, 0.15) is 46.5 Å². The number of para-hydroxylation sites is 1. The molecule has 17 heteroatoms. The fourth-order valence-corrected chi connectivity index (χ4v) is 6.63. The second kappa shape index (κ2) is 11.5. The van der Waals surface area contributed by atoms with Crippen molar-refractivity contribution in [1.29, 1.82) is 0 Å². The largest absolute Gasteiger partial charge is 0.472 e. The summed E-state index contributed by atoms with van der Waals surface area (Å²) < 4.78 is 38.7. The molecule has 46 heavy (non-hydrogen) atoms. The number of nitrogens with one attached hydrogen (secondary N) is 2. The molecule has 3 fully saturated rings. The molecule has 0 radical (unpaired) electrons. The molecule has 244 valence electrons. The van der Waals surface area contributed by atoms with Crippen LogP contribution in [0.5, 0.6) is 11.9 Å². The number of amides is 3. The highest BCUT2D eigenvalue weighted by atomic mass is 32.2. The molecule has 2 saturated carbocycles. The van der Waals surface area contributed by atoms with Crippen molar-refractivity contribution in [3.63, 3.8) is 0 Å². The van der Waals surface area contributed by atoms with Gasteiger partial charge >= 0.3 is 12.1 Å². The van der Waals surface area contributed by atoms with Gasteiger partial charge < -0.3 is 19.6 Å². The summed E-state index contributed by atoms with van der Waals surface area (Å²) in [6.07, 6.45) is 2.57. The van der Waals surface area contributed by atoms with Gasteiger partial charge in [-0.1, -0.05) is 23.1 Å². The van der Waals surface area contributed by atoms with Crippen LogP contribution in [0.4, 0.5) is 4.79 Å². The van der Waals surface area contributed by atoms with Crippen molar-refractivity contribution in [1.82, 2.24) is 40.1 Å². The summed E-state index contributed by atoms with van der Waals surface area (Å²) in [6.45, 7) is 8.77. The monoisotopic (exact) mass is 654 g/mol. The lowest BCUT2D eigenvalue weighted by Gasteiger charge is -2.29. The van der Waals surface area contributed by atoms with Crippen molar-refractivity contribution in [3.8, 4) is 11.9 Å². The number of benzene rings is 1. The van der Waals surface area contributed by atoms with Crippen molar-refractivity contribution in [3.05, 3.63) is 49.2 Å². The van der Waals surface area contributed by atoms with Gasteiger partial charge in [-0.15, -0.1) is 11.7 Å². The third-order valence-electron chi connectivity index (χ3n) is 7.83. The zero-order chi connectivity index (χ0) is 32.9. The first-order chi connectivity index (χ1) is 21.8. The highest BCUT2D eigenvalue weighted by molar-refractivity contribution is 7.91. The molecule has 3 heterocycles. The Morgan fingerprint density at radius 1 is 1.15 bits per heavy atom. The molecular formula is C29H34N8O8S. The molecule has 1 aromatic carbocycles. The number of sulfonamides is 1. The maximum Gasteiger partial charge on any atom is 0.411 e. The Bertz CT molecular complexity index is 1800. The minimum Gasteiger partial charge on any atom is -0.472 e. The lowest BCUT2D eigenvalue weighted by Crippen LogP contribution is -2.56. The predicted octanol–water partition coefficient (Wildman–Crippen LogP) is 1.49. The summed E-state index contributed by atoms with van der Waals surface area (Å²) in [7, 11) is -3.86. The van der Waals surface area contributed by atoms with E-state index in [1.807, 2.05) is 6.07 Å². The van der Waals surface area contributed by atoms with E-state index in [4.69, 9.17) is 14.3 Å². The van der Waals surface area contributed by atoms with Gasteiger partial charge in [-0.3, -0.25) is 19.2 Å². The molecule has 2 aromatic heterocycles. The van der Waals surface area contributed by atoms with Gasteiger partial charge in [-0.25, -0.2) is 18.2 Å². The van der Waals surface area contributed by atoms with Crippen molar-refractivity contribution < 1.29 is 37.1 Å². The Morgan fingerprint density at radius 2 is 1.91 bits per heavy atom. The summed E-state index contributed by atoms with van der Waals surface area (Å²) in [6, 6.07) is 7.48. The molecule has 2 N–H and O–H groups in total. The topological polar surface area (TPSA) is 197 Å². The molecule has 3 amide bonds. The number of ether oxygens (including phenoxy) is 2. The molecule has 1 aliphatic heterocycles. The van der Waals surface area contributed by atoms with Crippen molar-refractivity contribution >= 4 is 39.0 Å². The lowest BCUT2D eigenvalue weighted by molar-refractivity contribution is -0.131. The minimum absolute atomic E-state index is 0.0236. The molecule has 0 spiro atoms. The summed E-state index contributed by atoms with van der Waals surface area (Å²) >= 11 is 0. The molecule has 2 unspecified atom stereocenters. The van der Waals surface area contributed by atoms with Crippen LogP contribution < -0.4 is 19.6 Å². The standard InChI is InChI=1S/C29H34N8O8S/c1-5-17-15-29(17,25(39)34-46(41,42)19-10-11-19)32-24(38)22-14-18(16-36(22)27(40)44-28(2,3)4)43-23-12-13-30-26(31-23)45-37-21-9-7-6-8-20(21)33-35-37/h5-9,12-13,17-19,22H,1,10-11,14-16H2,2-4H3,(H,32,38)(H,34,39)/t17?,18-,22+,29?/m1/s1. The first-order valence-electron chi connectivity index (χ1n) is 14.8. The van der Waals surface area contributed by atoms with E-state index in [1.165, 1.54) is 28.1 Å². The Labute approximate surface area is 264 Å². The van der Waals surface area contributed by atoms with Gasteiger partial charge in [0.1, 0.15) is 34.3 Å². The number of nitrogens with zero attached hydrogens (tertiary/aromatic N) is 6. The van der Waals surface area contributed by atoms with Crippen molar-refractivity contribution in [2.24, 2.45) is 5.92 Å². The normalized spacial score (nSPS) is 24.2. The second-order valence-corrected chi connectivity index (χ2v) is 14.5.